The van der Waals surface area contributed by atoms with Crippen molar-refractivity contribution in [3.05, 3.63) is 58.9 Å². The molecular formula is C22H24ClF3N2O4S. The number of nitrogens with zero attached hydrogens (tertiary/aromatic N) is 1. The largest absolute Gasteiger partial charge is 0.381 e. The lowest BCUT2D eigenvalue weighted by Crippen LogP contribution is -2.54. The number of carbonyl (C=O) groups is 1. The third kappa shape index (κ3) is 5.68. The Balaban J connectivity index is 2.06. The minimum atomic E-state index is -4.09. The van der Waals surface area contributed by atoms with Crippen LogP contribution in [0.5, 0.6) is 0 Å². The summed E-state index contributed by atoms with van der Waals surface area (Å²) >= 11 is 5.99. The Morgan fingerprint density at radius 3 is 2.48 bits per heavy atom. The van der Waals surface area contributed by atoms with E-state index in [-0.39, 0.29) is 11.1 Å². The van der Waals surface area contributed by atoms with Gasteiger partial charge in [0.25, 0.3) is 11.8 Å². The van der Waals surface area contributed by atoms with Crippen LogP contribution in [0.25, 0.3) is 11.1 Å². The van der Waals surface area contributed by atoms with Gasteiger partial charge in [-0.2, -0.15) is 0 Å². The fourth-order valence-electron chi connectivity index (χ4n) is 3.94. The molecule has 11 heteroatoms. The maximum atomic E-state index is 15.4. The van der Waals surface area contributed by atoms with Gasteiger partial charge in [-0.3, -0.25) is 4.79 Å². The van der Waals surface area contributed by atoms with E-state index < -0.39 is 58.3 Å². The molecule has 1 heterocycles. The molecule has 0 saturated carbocycles. The second-order valence-corrected chi connectivity index (χ2v) is 10.9. The number of alkyl halides is 2. The van der Waals surface area contributed by atoms with E-state index in [0.29, 0.717) is 15.5 Å². The molecule has 2 aromatic carbocycles. The zero-order chi connectivity index (χ0) is 24.8. The third-order valence-corrected chi connectivity index (χ3v) is 6.31. The average Bonchev–Trinajstić information content (AvgIpc) is 2.91. The van der Waals surface area contributed by atoms with E-state index in [4.69, 9.17) is 11.6 Å². The lowest BCUT2D eigenvalue weighted by molar-refractivity contribution is -0.149. The van der Waals surface area contributed by atoms with Gasteiger partial charge < -0.3 is 10.0 Å². The molecule has 0 spiro atoms. The van der Waals surface area contributed by atoms with Crippen molar-refractivity contribution in [2.75, 3.05) is 12.8 Å². The molecular weight excluding hydrogens is 481 g/mol. The molecule has 0 unspecified atom stereocenters. The van der Waals surface area contributed by atoms with Crippen molar-refractivity contribution >= 4 is 27.5 Å². The number of sulfonamides is 1. The van der Waals surface area contributed by atoms with E-state index in [2.05, 4.69) is 0 Å². The molecule has 180 valence electrons. The van der Waals surface area contributed by atoms with E-state index >= 15 is 4.39 Å². The monoisotopic (exact) mass is 504 g/mol. The number of aliphatic hydroxyl groups is 1. The molecule has 1 aliphatic heterocycles. The van der Waals surface area contributed by atoms with Crippen LogP contribution in [0, 0.1) is 5.82 Å². The van der Waals surface area contributed by atoms with Crippen LogP contribution in [-0.2, 0) is 21.2 Å². The molecule has 2 aromatic rings. The molecule has 3 rings (SSSR count). The van der Waals surface area contributed by atoms with E-state index in [0.717, 1.165) is 20.1 Å². The molecule has 0 radical (unpaired) electrons. The van der Waals surface area contributed by atoms with Crippen LogP contribution in [0.15, 0.2) is 42.5 Å². The summed E-state index contributed by atoms with van der Waals surface area (Å²) in [5.41, 5.74) is -1.35. The van der Waals surface area contributed by atoms with E-state index in [1.165, 1.54) is 18.2 Å². The molecule has 2 atom stereocenters. The predicted molar refractivity (Wildman–Crippen MR) is 119 cm³/mol. The van der Waals surface area contributed by atoms with Gasteiger partial charge in [0.05, 0.1) is 18.8 Å². The number of nitrogens with one attached hydrogen (secondary N) is 1. The van der Waals surface area contributed by atoms with Crippen LogP contribution >= 0.6 is 11.6 Å². The molecule has 0 aromatic heterocycles. The first-order valence-corrected chi connectivity index (χ1v) is 12.3. The zero-order valence-corrected chi connectivity index (χ0v) is 19.7. The van der Waals surface area contributed by atoms with E-state index in [1.54, 1.807) is 24.3 Å². The molecule has 0 bridgehead atoms. The van der Waals surface area contributed by atoms with Crippen LogP contribution in [0.1, 0.15) is 19.4 Å². The summed E-state index contributed by atoms with van der Waals surface area (Å²) in [6, 6.07) is 7.39. The fourth-order valence-corrected chi connectivity index (χ4v) is 4.92. The predicted octanol–water partition coefficient (Wildman–Crippen LogP) is 3.22. The highest BCUT2D eigenvalue weighted by Gasteiger charge is 2.58. The SMILES string of the molecule is CC(C)(O)C(=O)N1CC(F)(F)[C@H](NS(C)(=O)=O)[C@@H]1Cc1cccc(-c2cccc(Cl)c2)c1F. The van der Waals surface area contributed by atoms with Gasteiger partial charge in [-0.1, -0.05) is 41.9 Å². The van der Waals surface area contributed by atoms with E-state index in [9.17, 15) is 27.1 Å². The van der Waals surface area contributed by atoms with Crippen molar-refractivity contribution < 1.29 is 31.5 Å². The topological polar surface area (TPSA) is 86.7 Å². The fraction of sp³-hybridized carbons (Fsp3) is 0.409. The summed E-state index contributed by atoms with van der Waals surface area (Å²) in [6.07, 6.45) is 0.311. The number of benzene rings is 2. The van der Waals surface area contributed by atoms with Gasteiger partial charge in [0.2, 0.25) is 10.0 Å². The van der Waals surface area contributed by atoms with Crippen molar-refractivity contribution in [1.82, 2.24) is 9.62 Å². The van der Waals surface area contributed by atoms with Crippen molar-refractivity contribution in [1.29, 1.82) is 0 Å². The Bertz CT molecular complexity index is 1170. The van der Waals surface area contributed by atoms with Gasteiger partial charge in [0, 0.05) is 10.6 Å². The highest BCUT2D eigenvalue weighted by molar-refractivity contribution is 7.88. The van der Waals surface area contributed by atoms with Gasteiger partial charge >= 0.3 is 0 Å². The quantitative estimate of drug-likeness (QED) is 0.632. The summed E-state index contributed by atoms with van der Waals surface area (Å²) in [4.78, 5) is 13.5. The Morgan fingerprint density at radius 1 is 1.27 bits per heavy atom. The van der Waals surface area contributed by atoms with Gasteiger partial charge in [0.1, 0.15) is 17.5 Å². The minimum Gasteiger partial charge on any atom is -0.381 e. The number of hydrogen-bond acceptors (Lipinski definition) is 4. The second-order valence-electron chi connectivity index (χ2n) is 8.68. The standard InChI is InChI=1S/C22H24ClF3N2O4S/c1-21(2,30)20(29)28-12-22(25,26)19(27-33(3,31)32)17(28)11-14-7-5-9-16(18(14)24)13-6-4-8-15(23)10-13/h4-10,17,19,27,30H,11-12H2,1-3H3/t17-,19+/m0/s1. The molecule has 2 N–H and O–H groups in total. The number of hydrogen-bond donors (Lipinski definition) is 2. The molecule has 1 fully saturated rings. The number of halogens is 4. The normalized spacial score (nSPS) is 20.8. The van der Waals surface area contributed by atoms with Gasteiger partial charge in [-0.25, -0.2) is 26.3 Å². The van der Waals surface area contributed by atoms with Crippen molar-refractivity contribution in [2.45, 2.75) is 43.9 Å². The van der Waals surface area contributed by atoms with Crippen LogP contribution in [0.4, 0.5) is 13.2 Å². The summed E-state index contributed by atoms with van der Waals surface area (Å²) in [7, 11) is -4.09. The lowest BCUT2D eigenvalue weighted by Gasteiger charge is -2.31. The maximum Gasteiger partial charge on any atom is 0.283 e. The third-order valence-electron chi connectivity index (χ3n) is 5.39. The smallest absolute Gasteiger partial charge is 0.283 e. The number of rotatable bonds is 6. The van der Waals surface area contributed by atoms with Crippen LogP contribution in [0.2, 0.25) is 5.02 Å². The summed E-state index contributed by atoms with van der Waals surface area (Å²) in [5.74, 6) is -5.37. The number of carbonyl (C=O) groups excluding carboxylic acids is 1. The number of amides is 1. The Kier molecular flexibility index (Phi) is 6.87. The van der Waals surface area contributed by atoms with Crippen LogP contribution < -0.4 is 4.72 Å². The summed E-state index contributed by atoms with van der Waals surface area (Å²) in [6.45, 7) is 1.16. The number of likely N-dealkylation sites (tertiary alicyclic amines) is 1. The molecule has 6 nitrogen and oxygen atoms in total. The average molecular weight is 505 g/mol. The summed E-state index contributed by atoms with van der Waals surface area (Å²) in [5, 5.41) is 10.5. The molecule has 33 heavy (non-hydrogen) atoms. The highest BCUT2D eigenvalue weighted by atomic mass is 35.5. The maximum absolute atomic E-state index is 15.4. The van der Waals surface area contributed by atoms with E-state index in [1.807, 2.05) is 4.72 Å². The lowest BCUT2D eigenvalue weighted by atomic mass is 9.95. The van der Waals surface area contributed by atoms with Crippen molar-refractivity contribution in [2.24, 2.45) is 0 Å². The first kappa shape index (κ1) is 25.5. The van der Waals surface area contributed by atoms with Gasteiger partial charge in [0.15, 0.2) is 0 Å². The van der Waals surface area contributed by atoms with Crippen molar-refractivity contribution in [3.63, 3.8) is 0 Å². The zero-order valence-electron chi connectivity index (χ0n) is 18.1. The Labute approximate surface area is 195 Å². The van der Waals surface area contributed by atoms with Crippen molar-refractivity contribution in [3.8, 4) is 11.1 Å². The highest BCUT2D eigenvalue weighted by Crippen LogP contribution is 2.37. The van der Waals surface area contributed by atoms with Gasteiger partial charge in [-0.15, -0.1) is 0 Å². The minimum absolute atomic E-state index is 0.00372. The summed E-state index contributed by atoms with van der Waals surface area (Å²) < 4.78 is 70.7. The van der Waals surface area contributed by atoms with Crippen LogP contribution in [-0.4, -0.2) is 60.7 Å². The second kappa shape index (κ2) is 8.90. The van der Waals surface area contributed by atoms with Crippen LogP contribution in [0.3, 0.4) is 0 Å². The molecule has 1 aliphatic rings. The van der Waals surface area contributed by atoms with Gasteiger partial charge in [-0.05, 0) is 43.5 Å². The molecule has 1 saturated heterocycles. The Hall–Kier alpha value is -2.14. The molecule has 0 aliphatic carbocycles. The Morgan fingerprint density at radius 2 is 1.91 bits per heavy atom. The molecule has 1 amide bonds. The first-order chi connectivity index (χ1) is 15.1. The first-order valence-electron chi connectivity index (χ1n) is 10.0.